The Labute approximate surface area is 202 Å². The highest BCUT2D eigenvalue weighted by Crippen LogP contribution is 2.43. The molecule has 7 heteroatoms. The van der Waals surface area contributed by atoms with Crippen molar-refractivity contribution in [3.05, 3.63) is 93.9 Å². The topological polar surface area (TPSA) is 69.3 Å². The van der Waals surface area contributed by atoms with E-state index < -0.39 is 0 Å². The Morgan fingerprint density at radius 2 is 1.97 bits per heavy atom. The molecule has 5 nitrogen and oxygen atoms in total. The molecule has 2 unspecified atom stereocenters. The van der Waals surface area contributed by atoms with Crippen LogP contribution in [0.5, 0.6) is 0 Å². The van der Waals surface area contributed by atoms with Gasteiger partial charge in [0.15, 0.2) is 0 Å². The number of pyridine rings is 1. The van der Waals surface area contributed by atoms with Gasteiger partial charge in [0.1, 0.15) is 16.9 Å². The predicted octanol–water partition coefficient (Wildman–Crippen LogP) is 5.35. The summed E-state index contributed by atoms with van der Waals surface area (Å²) in [4.78, 5) is 18.0. The van der Waals surface area contributed by atoms with Crippen LogP contribution in [0.25, 0.3) is 0 Å². The van der Waals surface area contributed by atoms with E-state index in [4.69, 9.17) is 5.10 Å². The average molecular weight is 471 g/mol. The maximum atomic E-state index is 13.7. The molecule has 0 bridgehead atoms. The van der Waals surface area contributed by atoms with Gasteiger partial charge >= 0.3 is 0 Å². The van der Waals surface area contributed by atoms with Gasteiger partial charge < -0.3 is 0 Å². The molecule has 0 radical (unpaired) electrons. The third-order valence-corrected chi connectivity index (χ3v) is 7.41. The average Bonchev–Trinajstić information content (AvgIpc) is 3.23. The Kier molecular flexibility index (Phi) is 5.93. The fraction of sp³-hybridized carbons (Fsp3) is 0.259. The van der Waals surface area contributed by atoms with Crippen LogP contribution in [-0.2, 0) is 11.2 Å². The molecule has 1 aliphatic heterocycles. The third-order valence-electron chi connectivity index (χ3n) is 6.45. The van der Waals surface area contributed by atoms with E-state index in [9.17, 15) is 14.4 Å². The summed E-state index contributed by atoms with van der Waals surface area (Å²) in [6.07, 6.45) is 1.78. The van der Waals surface area contributed by atoms with E-state index in [2.05, 4.69) is 23.2 Å². The van der Waals surface area contributed by atoms with E-state index in [0.717, 1.165) is 40.9 Å². The van der Waals surface area contributed by atoms with Gasteiger partial charge in [-0.1, -0.05) is 48.2 Å². The molecule has 0 fully saturated rings. The zero-order valence-corrected chi connectivity index (χ0v) is 19.8. The smallest absolute Gasteiger partial charge is 0.253 e. The van der Waals surface area contributed by atoms with Gasteiger partial charge in [-0.3, -0.25) is 4.79 Å². The molecule has 2 aromatic carbocycles. The van der Waals surface area contributed by atoms with Crippen molar-refractivity contribution in [2.75, 3.05) is 5.75 Å². The molecule has 1 aromatic heterocycles. The molecular formula is C27H23FN4OS. The lowest BCUT2D eigenvalue weighted by Gasteiger charge is -2.29. The van der Waals surface area contributed by atoms with E-state index in [1.165, 1.54) is 29.5 Å². The van der Waals surface area contributed by atoms with Crippen LogP contribution >= 0.6 is 11.8 Å². The van der Waals surface area contributed by atoms with Crippen molar-refractivity contribution in [3.8, 4) is 6.07 Å². The molecule has 1 amide bonds. The minimum absolute atomic E-state index is 0.0447. The summed E-state index contributed by atoms with van der Waals surface area (Å²) in [5.74, 6) is -0.324. The zero-order chi connectivity index (χ0) is 23.8. The second-order valence-electron chi connectivity index (χ2n) is 8.68. The van der Waals surface area contributed by atoms with Crippen molar-refractivity contribution < 1.29 is 9.18 Å². The van der Waals surface area contributed by atoms with Crippen LogP contribution in [0.3, 0.4) is 0 Å². The van der Waals surface area contributed by atoms with Crippen molar-refractivity contribution in [3.63, 3.8) is 0 Å². The number of fused-ring (bicyclic) bond motifs is 3. The first kappa shape index (κ1) is 22.3. The van der Waals surface area contributed by atoms with Crippen molar-refractivity contribution in [2.45, 2.75) is 37.8 Å². The van der Waals surface area contributed by atoms with Gasteiger partial charge in [0.2, 0.25) is 0 Å². The Balaban J connectivity index is 1.48. The summed E-state index contributed by atoms with van der Waals surface area (Å²) in [6, 6.07) is 18.3. The van der Waals surface area contributed by atoms with Gasteiger partial charge in [-0.05, 0) is 61.6 Å². The van der Waals surface area contributed by atoms with E-state index >= 15 is 0 Å². The first-order chi connectivity index (χ1) is 16.5. The summed E-state index contributed by atoms with van der Waals surface area (Å²) >= 11 is 1.26. The number of aromatic nitrogens is 1. The summed E-state index contributed by atoms with van der Waals surface area (Å²) in [5, 5.41) is 16.5. The summed E-state index contributed by atoms with van der Waals surface area (Å²) in [5.41, 5.74) is 6.24. The van der Waals surface area contributed by atoms with Crippen LogP contribution in [0.4, 0.5) is 4.39 Å². The van der Waals surface area contributed by atoms with Gasteiger partial charge in [0, 0.05) is 17.2 Å². The minimum Gasteiger partial charge on any atom is -0.272 e. The van der Waals surface area contributed by atoms with Gasteiger partial charge in [0.25, 0.3) is 5.91 Å². The van der Waals surface area contributed by atoms with Gasteiger partial charge in [0.05, 0.1) is 23.1 Å². The number of carbonyl (C=O) groups is 1. The fourth-order valence-electron chi connectivity index (χ4n) is 4.90. The van der Waals surface area contributed by atoms with Crippen molar-refractivity contribution in [2.24, 2.45) is 11.0 Å². The standard InChI is InChI=1S/C27H23FN4OS/c1-16-13-17(2)30-27(23(16)14-29)34-15-24(33)32-26(19-7-10-20(28)11-8-19)22-12-9-18-5-3-4-6-21(18)25(22)31-32/h3-8,10-11,13,22,26H,9,12,15H2,1-2H3. The lowest BCUT2D eigenvalue weighted by Crippen LogP contribution is -2.33. The largest absolute Gasteiger partial charge is 0.272 e. The highest BCUT2D eigenvalue weighted by Gasteiger charge is 2.43. The number of hydrogen-bond donors (Lipinski definition) is 0. The zero-order valence-electron chi connectivity index (χ0n) is 19.0. The van der Waals surface area contributed by atoms with Gasteiger partial charge in [-0.2, -0.15) is 10.4 Å². The molecule has 0 N–H and O–H groups in total. The number of amides is 1. The number of thioether (sulfide) groups is 1. The molecular weight excluding hydrogens is 447 g/mol. The molecule has 34 heavy (non-hydrogen) atoms. The van der Waals surface area contributed by atoms with Crippen LogP contribution in [0.2, 0.25) is 0 Å². The Hall–Kier alpha value is -3.50. The molecule has 170 valence electrons. The maximum absolute atomic E-state index is 13.7. The summed E-state index contributed by atoms with van der Waals surface area (Å²) in [6.45, 7) is 3.75. The Morgan fingerprint density at radius 1 is 1.21 bits per heavy atom. The monoisotopic (exact) mass is 470 g/mol. The number of nitrogens with zero attached hydrogens (tertiary/aromatic N) is 4. The number of carbonyl (C=O) groups excluding carboxylic acids is 1. The van der Waals surface area contributed by atoms with Crippen LogP contribution < -0.4 is 0 Å². The molecule has 2 aliphatic rings. The van der Waals surface area contributed by atoms with E-state index in [0.29, 0.717) is 10.6 Å². The lowest BCUT2D eigenvalue weighted by molar-refractivity contribution is -0.130. The second kappa shape index (κ2) is 9.03. The quantitative estimate of drug-likeness (QED) is 0.482. The number of halogens is 1. The Bertz CT molecular complexity index is 1350. The first-order valence-corrected chi connectivity index (χ1v) is 12.2. The van der Waals surface area contributed by atoms with Crippen LogP contribution in [0.1, 0.15) is 46.0 Å². The molecule has 5 rings (SSSR count). The van der Waals surface area contributed by atoms with E-state index in [1.807, 2.05) is 32.0 Å². The predicted molar refractivity (Wildman–Crippen MR) is 130 cm³/mol. The second-order valence-corrected chi connectivity index (χ2v) is 9.65. The van der Waals surface area contributed by atoms with Gasteiger partial charge in [-0.25, -0.2) is 14.4 Å². The number of aryl methyl sites for hydroxylation is 3. The van der Waals surface area contributed by atoms with Crippen molar-refractivity contribution in [1.82, 2.24) is 9.99 Å². The molecule has 0 spiro atoms. The number of benzene rings is 2. The number of rotatable bonds is 4. The SMILES string of the molecule is Cc1cc(C)c(C#N)c(SCC(=O)N2N=C3c4ccccc4CCC3C2c2ccc(F)cc2)n1. The van der Waals surface area contributed by atoms with Crippen molar-refractivity contribution >= 4 is 23.4 Å². The lowest BCUT2D eigenvalue weighted by atomic mass is 9.77. The summed E-state index contributed by atoms with van der Waals surface area (Å²) < 4.78 is 13.7. The Morgan fingerprint density at radius 3 is 2.74 bits per heavy atom. The summed E-state index contributed by atoms with van der Waals surface area (Å²) in [7, 11) is 0. The fourth-order valence-corrected chi connectivity index (χ4v) is 5.86. The minimum atomic E-state index is -0.310. The number of nitriles is 1. The van der Waals surface area contributed by atoms with Crippen LogP contribution in [0, 0.1) is 36.9 Å². The maximum Gasteiger partial charge on any atom is 0.253 e. The first-order valence-electron chi connectivity index (χ1n) is 11.2. The number of hydrazone groups is 1. The third kappa shape index (κ3) is 3.99. The molecule has 0 saturated carbocycles. The molecule has 3 aromatic rings. The van der Waals surface area contributed by atoms with Crippen molar-refractivity contribution in [1.29, 1.82) is 5.26 Å². The van der Waals surface area contributed by atoms with E-state index in [-0.39, 0.29) is 29.4 Å². The van der Waals surface area contributed by atoms with Gasteiger partial charge in [-0.15, -0.1) is 0 Å². The highest BCUT2D eigenvalue weighted by molar-refractivity contribution is 8.00. The normalized spacial score (nSPS) is 18.6. The molecule has 2 atom stereocenters. The van der Waals surface area contributed by atoms with Crippen LogP contribution in [0.15, 0.2) is 64.7 Å². The van der Waals surface area contributed by atoms with Crippen LogP contribution in [-0.4, -0.2) is 27.4 Å². The number of hydrogen-bond acceptors (Lipinski definition) is 5. The molecule has 2 heterocycles. The molecule has 0 saturated heterocycles. The highest BCUT2D eigenvalue weighted by atomic mass is 32.2. The molecule has 1 aliphatic carbocycles. The van der Waals surface area contributed by atoms with E-state index in [1.54, 1.807) is 17.1 Å².